The van der Waals surface area contributed by atoms with E-state index < -0.39 is 0 Å². The second-order valence-electron chi connectivity index (χ2n) is 5.70. The van der Waals surface area contributed by atoms with E-state index >= 15 is 0 Å². The predicted molar refractivity (Wildman–Crippen MR) is 88.5 cm³/mol. The van der Waals surface area contributed by atoms with E-state index in [0.29, 0.717) is 5.56 Å². The van der Waals surface area contributed by atoms with Crippen molar-refractivity contribution >= 4 is 33.1 Å². The molecule has 112 valence electrons. The Bertz CT molecular complexity index is 856. The summed E-state index contributed by atoms with van der Waals surface area (Å²) in [6.45, 7) is 1.76. The van der Waals surface area contributed by atoms with E-state index in [2.05, 4.69) is 15.3 Å². The Morgan fingerprint density at radius 3 is 2.91 bits per heavy atom. The van der Waals surface area contributed by atoms with Crippen molar-refractivity contribution in [1.29, 1.82) is 0 Å². The molecule has 2 aromatic heterocycles. The molecule has 3 aromatic rings. The normalized spacial score (nSPS) is 14.1. The molecule has 3 nitrogen and oxygen atoms in total. The number of thiophene rings is 1. The molecule has 1 N–H and O–H groups in total. The van der Waals surface area contributed by atoms with E-state index in [9.17, 15) is 4.39 Å². The maximum absolute atomic E-state index is 13.7. The monoisotopic (exact) mass is 313 g/mol. The first-order valence-electron chi connectivity index (χ1n) is 7.51. The molecule has 4 rings (SSSR count). The Morgan fingerprint density at radius 2 is 2.05 bits per heavy atom. The second-order valence-corrected chi connectivity index (χ2v) is 6.79. The van der Waals surface area contributed by atoms with Crippen LogP contribution >= 0.6 is 11.3 Å². The van der Waals surface area contributed by atoms with Crippen LogP contribution in [0.4, 0.5) is 15.9 Å². The van der Waals surface area contributed by atoms with Crippen LogP contribution in [0.3, 0.4) is 0 Å². The van der Waals surface area contributed by atoms with Crippen LogP contribution in [-0.4, -0.2) is 9.97 Å². The topological polar surface area (TPSA) is 37.8 Å². The number of hydrogen-bond donors (Lipinski definition) is 1. The van der Waals surface area contributed by atoms with Crippen molar-refractivity contribution in [2.45, 2.75) is 32.6 Å². The molecule has 0 amide bonds. The molecular formula is C17H16FN3S. The fourth-order valence-corrected chi connectivity index (χ4v) is 4.22. The Morgan fingerprint density at radius 1 is 1.18 bits per heavy atom. The van der Waals surface area contributed by atoms with Gasteiger partial charge in [-0.1, -0.05) is 6.07 Å². The van der Waals surface area contributed by atoms with Gasteiger partial charge in [0.1, 0.15) is 22.8 Å². The van der Waals surface area contributed by atoms with Crippen molar-refractivity contribution < 1.29 is 4.39 Å². The van der Waals surface area contributed by atoms with Crippen LogP contribution in [-0.2, 0) is 12.8 Å². The molecule has 1 aromatic carbocycles. The van der Waals surface area contributed by atoms with Crippen LogP contribution in [0, 0.1) is 12.7 Å². The quantitative estimate of drug-likeness (QED) is 0.741. The highest BCUT2D eigenvalue weighted by molar-refractivity contribution is 7.19. The molecule has 0 fully saturated rings. The average molecular weight is 313 g/mol. The Hall–Kier alpha value is -2.01. The third-order valence-corrected chi connectivity index (χ3v) is 5.39. The number of rotatable bonds is 2. The summed E-state index contributed by atoms with van der Waals surface area (Å²) in [6, 6.07) is 5.17. The van der Waals surface area contributed by atoms with E-state index in [1.54, 1.807) is 30.7 Å². The molecule has 0 bridgehead atoms. The molecule has 1 aliphatic rings. The lowest BCUT2D eigenvalue weighted by Gasteiger charge is -2.12. The lowest BCUT2D eigenvalue weighted by molar-refractivity contribution is 0.619. The van der Waals surface area contributed by atoms with Gasteiger partial charge in [0.25, 0.3) is 0 Å². The van der Waals surface area contributed by atoms with Gasteiger partial charge in [0.05, 0.1) is 5.39 Å². The maximum Gasteiger partial charge on any atom is 0.142 e. The van der Waals surface area contributed by atoms with Crippen LogP contribution in [0.1, 0.15) is 28.8 Å². The lowest BCUT2D eigenvalue weighted by Crippen LogP contribution is -2.01. The van der Waals surface area contributed by atoms with Gasteiger partial charge in [-0.2, -0.15) is 0 Å². The van der Waals surface area contributed by atoms with E-state index in [0.717, 1.165) is 34.6 Å². The van der Waals surface area contributed by atoms with Gasteiger partial charge in [0.15, 0.2) is 0 Å². The molecule has 0 saturated heterocycles. The van der Waals surface area contributed by atoms with E-state index in [-0.39, 0.29) is 5.82 Å². The number of nitrogens with one attached hydrogen (secondary N) is 1. The summed E-state index contributed by atoms with van der Waals surface area (Å²) in [5.74, 6) is 0.579. The number of anilines is 2. The second kappa shape index (κ2) is 5.32. The van der Waals surface area contributed by atoms with Crippen molar-refractivity contribution in [3.8, 4) is 0 Å². The summed E-state index contributed by atoms with van der Waals surface area (Å²) in [4.78, 5) is 11.3. The molecular weight excluding hydrogens is 297 g/mol. The minimum absolute atomic E-state index is 0.206. The van der Waals surface area contributed by atoms with Gasteiger partial charge in [-0.15, -0.1) is 11.3 Å². The summed E-state index contributed by atoms with van der Waals surface area (Å²) in [6.07, 6.45) is 6.26. The van der Waals surface area contributed by atoms with Gasteiger partial charge >= 0.3 is 0 Å². The van der Waals surface area contributed by atoms with Crippen LogP contribution in [0.15, 0.2) is 24.5 Å². The minimum Gasteiger partial charge on any atom is -0.339 e. The third kappa shape index (κ3) is 2.25. The summed E-state index contributed by atoms with van der Waals surface area (Å²) in [5, 5.41) is 4.38. The van der Waals surface area contributed by atoms with Gasteiger partial charge in [0.2, 0.25) is 0 Å². The fraction of sp³-hybridized carbons (Fsp3) is 0.294. The number of hydrogen-bond acceptors (Lipinski definition) is 4. The van der Waals surface area contributed by atoms with E-state index in [4.69, 9.17) is 0 Å². The molecule has 0 saturated carbocycles. The van der Waals surface area contributed by atoms with Gasteiger partial charge < -0.3 is 5.32 Å². The van der Waals surface area contributed by atoms with Gasteiger partial charge in [0, 0.05) is 10.6 Å². The number of halogens is 1. The number of benzene rings is 1. The van der Waals surface area contributed by atoms with Crippen LogP contribution in [0.2, 0.25) is 0 Å². The molecule has 0 aliphatic heterocycles. The highest BCUT2D eigenvalue weighted by Gasteiger charge is 2.19. The number of nitrogens with zero attached hydrogens (tertiary/aromatic N) is 2. The van der Waals surface area contributed by atoms with Gasteiger partial charge in [-0.3, -0.25) is 0 Å². The third-order valence-electron chi connectivity index (χ3n) is 4.19. The number of aryl methyl sites for hydroxylation is 3. The molecule has 1 aliphatic carbocycles. The smallest absolute Gasteiger partial charge is 0.142 e. The maximum atomic E-state index is 13.7. The molecule has 0 atom stereocenters. The SMILES string of the molecule is Cc1ccc(Nc2ncnc3sc4c(c23)CCCC4)cc1F. The van der Waals surface area contributed by atoms with Crippen molar-refractivity contribution in [1.82, 2.24) is 9.97 Å². The molecule has 0 spiro atoms. The summed E-state index contributed by atoms with van der Waals surface area (Å²) < 4.78 is 13.7. The molecule has 22 heavy (non-hydrogen) atoms. The van der Waals surface area contributed by atoms with E-state index in [1.807, 2.05) is 6.07 Å². The summed E-state index contributed by atoms with van der Waals surface area (Å²) in [7, 11) is 0. The van der Waals surface area contributed by atoms with Crippen LogP contribution < -0.4 is 5.32 Å². The summed E-state index contributed by atoms with van der Waals surface area (Å²) in [5.41, 5.74) is 2.74. The van der Waals surface area contributed by atoms with Crippen LogP contribution in [0.25, 0.3) is 10.2 Å². The first kappa shape index (κ1) is 13.6. The standard InChI is InChI=1S/C17H16FN3S/c1-10-6-7-11(8-13(10)18)21-16-15-12-4-2-3-5-14(12)22-17(15)20-9-19-16/h6-9H,2-5H2,1H3,(H,19,20,21). The molecule has 0 radical (unpaired) electrons. The Balaban J connectivity index is 1.81. The predicted octanol–water partition coefficient (Wildman–Crippen LogP) is 4.76. The van der Waals surface area contributed by atoms with Crippen molar-refractivity contribution in [3.63, 3.8) is 0 Å². The van der Waals surface area contributed by atoms with E-state index in [1.165, 1.54) is 29.3 Å². The molecule has 2 heterocycles. The van der Waals surface area contributed by atoms with Crippen molar-refractivity contribution in [3.05, 3.63) is 46.3 Å². The summed E-state index contributed by atoms with van der Waals surface area (Å²) >= 11 is 1.76. The average Bonchev–Trinajstić information content (AvgIpc) is 2.90. The van der Waals surface area contributed by atoms with Crippen molar-refractivity contribution in [2.75, 3.05) is 5.32 Å². The Labute approximate surface area is 132 Å². The zero-order valence-corrected chi connectivity index (χ0v) is 13.1. The molecule has 5 heteroatoms. The number of aromatic nitrogens is 2. The zero-order valence-electron chi connectivity index (χ0n) is 12.3. The lowest BCUT2D eigenvalue weighted by atomic mass is 9.97. The number of fused-ring (bicyclic) bond motifs is 3. The first-order valence-corrected chi connectivity index (χ1v) is 8.32. The van der Waals surface area contributed by atoms with Crippen molar-refractivity contribution in [2.24, 2.45) is 0 Å². The minimum atomic E-state index is -0.206. The van der Waals surface area contributed by atoms with Crippen LogP contribution in [0.5, 0.6) is 0 Å². The zero-order chi connectivity index (χ0) is 15.1. The first-order chi connectivity index (χ1) is 10.7. The largest absolute Gasteiger partial charge is 0.339 e. The highest BCUT2D eigenvalue weighted by Crippen LogP contribution is 2.38. The van der Waals surface area contributed by atoms with Gasteiger partial charge in [-0.05, 0) is 55.9 Å². The highest BCUT2D eigenvalue weighted by atomic mass is 32.1. The molecule has 0 unspecified atom stereocenters. The Kier molecular flexibility index (Phi) is 3.30. The fourth-order valence-electron chi connectivity index (χ4n) is 2.99. The van der Waals surface area contributed by atoms with Gasteiger partial charge in [-0.25, -0.2) is 14.4 Å².